The molecular weight excluding hydrogens is 338 g/mol. The van der Waals surface area contributed by atoms with Crippen LogP contribution in [0, 0.1) is 0 Å². The number of carbonyl (C=O) groups excluding carboxylic acids is 1. The second-order valence-electron chi connectivity index (χ2n) is 7.12. The number of anilines is 1. The molecule has 4 rings (SSSR count). The van der Waals surface area contributed by atoms with E-state index < -0.39 is 0 Å². The highest BCUT2D eigenvalue weighted by molar-refractivity contribution is 5.92. The summed E-state index contributed by atoms with van der Waals surface area (Å²) in [5.74, 6) is 1.38. The van der Waals surface area contributed by atoms with Crippen molar-refractivity contribution in [2.24, 2.45) is 0 Å². The lowest BCUT2D eigenvalue weighted by atomic mass is 9.89. The number of hydrogen-bond acceptors (Lipinski definition) is 3. The van der Waals surface area contributed by atoms with Crippen LogP contribution in [0.4, 0.5) is 5.69 Å². The van der Waals surface area contributed by atoms with Gasteiger partial charge in [-0.2, -0.15) is 0 Å². The zero-order valence-corrected chi connectivity index (χ0v) is 15.6. The van der Waals surface area contributed by atoms with Crippen LogP contribution in [0.25, 0.3) is 10.9 Å². The van der Waals surface area contributed by atoms with E-state index in [0.29, 0.717) is 12.5 Å². The molecule has 5 nitrogen and oxygen atoms in total. The molecule has 1 aromatic heterocycles. The number of para-hydroxylation sites is 1. The zero-order valence-electron chi connectivity index (χ0n) is 15.6. The molecule has 1 saturated heterocycles. The average Bonchev–Trinajstić information content (AvgIpc) is 3.13. The van der Waals surface area contributed by atoms with Gasteiger partial charge in [0.15, 0.2) is 0 Å². The highest BCUT2D eigenvalue weighted by Crippen LogP contribution is 2.33. The van der Waals surface area contributed by atoms with Gasteiger partial charge in [0.25, 0.3) is 0 Å². The predicted octanol–water partition coefficient (Wildman–Crippen LogP) is 3.99. The summed E-state index contributed by atoms with van der Waals surface area (Å²) in [4.78, 5) is 17.9. The predicted molar refractivity (Wildman–Crippen MR) is 108 cm³/mol. The van der Waals surface area contributed by atoms with Crippen molar-refractivity contribution in [1.29, 1.82) is 0 Å². The number of aromatic nitrogens is 1. The third kappa shape index (κ3) is 3.98. The molecule has 2 aromatic carbocycles. The van der Waals surface area contributed by atoms with Crippen molar-refractivity contribution in [3.05, 3.63) is 60.3 Å². The molecule has 0 radical (unpaired) electrons. The molecular formula is C22H25N3O2. The highest BCUT2D eigenvalue weighted by atomic mass is 16.5. The van der Waals surface area contributed by atoms with Crippen molar-refractivity contribution >= 4 is 22.5 Å². The number of methoxy groups -OCH3 is 1. The first-order chi connectivity index (χ1) is 13.2. The Kier molecular flexibility index (Phi) is 5.12. The van der Waals surface area contributed by atoms with Gasteiger partial charge in [0, 0.05) is 22.8 Å². The normalized spacial score (nSPS) is 15.7. The number of carbonyl (C=O) groups is 1. The van der Waals surface area contributed by atoms with Gasteiger partial charge in [0.2, 0.25) is 5.91 Å². The number of ether oxygens (including phenoxy) is 1. The number of nitrogens with zero attached hydrogens (tertiary/aromatic N) is 1. The number of amides is 1. The van der Waals surface area contributed by atoms with E-state index >= 15 is 0 Å². The van der Waals surface area contributed by atoms with Crippen LogP contribution < -0.4 is 10.1 Å². The summed E-state index contributed by atoms with van der Waals surface area (Å²) in [5, 5.41) is 4.29. The number of aromatic amines is 1. The number of piperidine rings is 1. The fraction of sp³-hybridized carbons (Fsp3) is 0.318. The Hall–Kier alpha value is -2.79. The lowest BCUT2D eigenvalue weighted by molar-refractivity contribution is -0.117. The van der Waals surface area contributed by atoms with Crippen molar-refractivity contribution in [2.75, 3.05) is 32.1 Å². The van der Waals surface area contributed by atoms with Gasteiger partial charge in [-0.25, -0.2) is 0 Å². The van der Waals surface area contributed by atoms with E-state index in [4.69, 9.17) is 4.74 Å². The largest absolute Gasteiger partial charge is 0.497 e. The summed E-state index contributed by atoms with van der Waals surface area (Å²) in [5.41, 5.74) is 3.41. The average molecular weight is 363 g/mol. The maximum Gasteiger partial charge on any atom is 0.238 e. The fourth-order valence-corrected chi connectivity index (χ4v) is 3.91. The minimum Gasteiger partial charge on any atom is -0.497 e. The number of benzene rings is 2. The van der Waals surface area contributed by atoms with Crippen LogP contribution in [-0.2, 0) is 4.79 Å². The topological polar surface area (TPSA) is 57.4 Å². The van der Waals surface area contributed by atoms with Crippen molar-refractivity contribution < 1.29 is 9.53 Å². The summed E-state index contributed by atoms with van der Waals surface area (Å²) < 4.78 is 5.14. The number of rotatable bonds is 5. The standard InChI is InChI=1S/C22H25N3O2/c1-27-18-8-6-17(7-9-18)24-22(26)15-25-12-10-16(11-13-25)20-14-23-21-5-3-2-4-19(20)21/h2-9,14,16,23H,10-13,15H2,1H3,(H,24,26). The SMILES string of the molecule is COc1ccc(NC(=O)CN2CCC(c3c[nH]c4ccccc34)CC2)cc1. The van der Waals surface area contributed by atoms with E-state index in [0.717, 1.165) is 37.4 Å². The van der Waals surface area contributed by atoms with Crippen molar-refractivity contribution in [2.45, 2.75) is 18.8 Å². The maximum atomic E-state index is 12.3. The molecule has 5 heteroatoms. The molecule has 140 valence electrons. The van der Waals surface area contributed by atoms with E-state index in [9.17, 15) is 4.79 Å². The molecule has 0 saturated carbocycles. The second-order valence-corrected chi connectivity index (χ2v) is 7.12. The van der Waals surface area contributed by atoms with Crippen molar-refractivity contribution in [3.63, 3.8) is 0 Å². The molecule has 0 atom stereocenters. The molecule has 1 aliphatic heterocycles. The summed E-state index contributed by atoms with van der Waals surface area (Å²) in [6, 6.07) is 15.9. The molecule has 0 bridgehead atoms. The molecule has 0 spiro atoms. The molecule has 0 aliphatic carbocycles. The Morgan fingerprint density at radius 2 is 1.89 bits per heavy atom. The first kappa shape index (κ1) is 17.6. The fourth-order valence-electron chi connectivity index (χ4n) is 3.91. The van der Waals surface area contributed by atoms with Crippen LogP contribution in [0.3, 0.4) is 0 Å². The maximum absolute atomic E-state index is 12.3. The van der Waals surface area contributed by atoms with E-state index in [1.54, 1.807) is 7.11 Å². The van der Waals surface area contributed by atoms with Gasteiger partial charge in [0.1, 0.15) is 5.75 Å². The molecule has 1 amide bonds. The minimum absolute atomic E-state index is 0.0331. The molecule has 3 aromatic rings. The van der Waals surface area contributed by atoms with Crippen LogP contribution in [-0.4, -0.2) is 42.5 Å². The number of H-pyrrole nitrogens is 1. The summed E-state index contributed by atoms with van der Waals surface area (Å²) in [6.45, 7) is 2.33. The number of nitrogens with one attached hydrogen (secondary N) is 2. The lowest BCUT2D eigenvalue weighted by Crippen LogP contribution is -2.38. The molecule has 27 heavy (non-hydrogen) atoms. The number of fused-ring (bicyclic) bond motifs is 1. The van der Waals surface area contributed by atoms with E-state index in [2.05, 4.69) is 45.7 Å². The monoisotopic (exact) mass is 363 g/mol. The first-order valence-electron chi connectivity index (χ1n) is 9.45. The van der Waals surface area contributed by atoms with E-state index in [1.807, 2.05) is 24.3 Å². The van der Waals surface area contributed by atoms with Crippen LogP contribution >= 0.6 is 0 Å². The van der Waals surface area contributed by atoms with Crippen LogP contribution in [0.2, 0.25) is 0 Å². The van der Waals surface area contributed by atoms with Gasteiger partial charge in [-0.3, -0.25) is 9.69 Å². The van der Waals surface area contributed by atoms with Gasteiger partial charge < -0.3 is 15.0 Å². The van der Waals surface area contributed by atoms with Crippen molar-refractivity contribution in [1.82, 2.24) is 9.88 Å². The quantitative estimate of drug-likeness (QED) is 0.720. The summed E-state index contributed by atoms with van der Waals surface area (Å²) >= 11 is 0. The minimum atomic E-state index is 0.0331. The molecule has 1 aliphatic rings. The molecule has 2 N–H and O–H groups in total. The molecule has 1 fully saturated rings. The first-order valence-corrected chi connectivity index (χ1v) is 9.45. The zero-order chi connectivity index (χ0) is 18.6. The van der Waals surface area contributed by atoms with E-state index in [1.165, 1.54) is 16.5 Å². The Morgan fingerprint density at radius 3 is 2.63 bits per heavy atom. The van der Waals surface area contributed by atoms with Gasteiger partial charge in [-0.1, -0.05) is 18.2 Å². The number of likely N-dealkylation sites (tertiary alicyclic amines) is 1. The van der Waals surface area contributed by atoms with Gasteiger partial charge in [-0.05, 0) is 67.7 Å². The summed E-state index contributed by atoms with van der Waals surface area (Å²) in [6.07, 6.45) is 4.32. The Labute approximate surface area is 159 Å². The van der Waals surface area contributed by atoms with Crippen LogP contribution in [0.1, 0.15) is 24.3 Å². The van der Waals surface area contributed by atoms with E-state index in [-0.39, 0.29) is 5.91 Å². The summed E-state index contributed by atoms with van der Waals surface area (Å²) in [7, 11) is 1.63. The second kappa shape index (κ2) is 7.84. The Balaban J connectivity index is 1.30. The molecule has 0 unspecified atom stereocenters. The van der Waals surface area contributed by atoms with Gasteiger partial charge in [0.05, 0.1) is 13.7 Å². The third-order valence-corrected chi connectivity index (χ3v) is 5.39. The van der Waals surface area contributed by atoms with Crippen LogP contribution in [0.15, 0.2) is 54.7 Å². The third-order valence-electron chi connectivity index (χ3n) is 5.39. The van der Waals surface area contributed by atoms with Crippen molar-refractivity contribution in [3.8, 4) is 5.75 Å². The van der Waals surface area contributed by atoms with Gasteiger partial charge in [-0.15, -0.1) is 0 Å². The van der Waals surface area contributed by atoms with Crippen LogP contribution in [0.5, 0.6) is 5.75 Å². The Bertz CT molecular complexity index is 909. The molecule has 2 heterocycles. The highest BCUT2D eigenvalue weighted by Gasteiger charge is 2.23. The Morgan fingerprint density at radius 1 is 1.15 bits per heavy atom. The number of hydrogen-bond donors (Lipinski definition) is 2. The smallest absolute Gasteiger partial charge is 0.238 e. The lowest BCUT2D eigenvalue weighted by Gasteiger charge is -2.31. The van der Waals surface area contributed by atoms with Gasteiger partial charge >= 0.3 is 0 Å².